The average Bonchev–Trinajstić information content (AvgIpc) is 2.41. The molecule has 0 amide bonds. The van der Waals surface area contributed by atoms with Gasteiger partial charge in [-0.25, -0.2) is 9.97 Å². The fourth-order valence-electron chi connectivity index (χ4n) is 1.36. The Morgan fingerprint density at radius 3 is 2.17 bits per heavy atom. The highest BCUT2D eigenvalue weighted by molar-refractivity contribution is 6.10. The van der Waals surface area contributed by atoms with Crippen molar-refractivity contribution >= 4 is 11.7 Å². The number of hydrogen-bond donors (Lipinski definition) is 2. The van der Waals surface area contributed by atoms with Crippen LogP contribution in [0.5, 0.6) is 0 Å². The summed E-state index contributed by atoms with van der Waals surface area (Å²) in [6.07, 6.45) is 3.27. The average molecular weight is 240 g/mol. The topological polar surface area (TPSA) is 103 Å². The molecule has 6 heteroatoms. The number of guanidine groups is 1. The molecule has 0 atom stereocenters. The van der Waals surface area contributed by atoms with Crippen LogP contribution in [-0.4, -0.2) is 21.6 Å². The highest BCUT2D eigenvalue weighted by atomic mass is 15.3. The van der Waals surface area contributed by atoms with Crippen LogP contribution < -0.4 is 11.5 Å². The van der Waals surface area contributed by atoms with Crippen molar-refractivity contribution in [1.82, 2.24) is 9.97 Å². The van der Waals surface area contributed by atoms with Crippen molar-refractivity contribution in [3.05, 3.63) is 60.2 Å². The van der Waals surface area contributed by atoms with Crippen LogP contribution in [0.3, 0.4) is 0 Å². The summed E-state index contributed by atoms with van der Waals surface area (Å²) in [5.41, 5.74) is 11.9. The lowest BCUT2D eigenvalue weighted by Gasteiger charge is -2.02. The summed E-state index contributed by atoms with van der Waals surface area (Å²) in [5, 5.41) is 7.65. The minimum atomic E-state index is -0.112. The molecule has 2 rings (SSSR count). The fraction of sp³-hybridized carbons (Fsp3) is 0. The van der Waals surface area contributed by atoms with Gasteiger partial charge in [-0.05, 0) is 6.07 Å². The zero-order valence-electron chi connectivity index (χ0n) is 9.56. The Morgan fingerprint density at radius 2 is 1.56 bits per heavy atom. The SMILES string of the molecule is NC(N)=N/N=C(/c1ccccc1)c1ncccn1. The first-order valence-corrected chi connectivity index (χ1v) is 5.27. The molecule has 0 saturated heterocycles. The standard InChI is InChI=1S/C12H12N6/c13-12(14)18-17-10(9-5-2-1-3-6-9)11-15-7-4-8-16-11/h1-8H,(H4,13,14,18)/b17-10-. The predicted molar refractivity (Wildman–Crippen MR) is 69.9 cm³/mol. The Balaban J connectivity index is 2.49. The summed E-state index contributed by atoms with van der Waals surface area (Å²) in [6, 6.07) is 11.2. The van der Waals surface area contributed by atoms with E-state index in [1.165, 1.54) is 0 Å². The maximum Gasteiger partial charge on any atom is 0.211 e. The molecule has 0 fully saturated rings. The van der Waals surface area contributed by atoms with E-state index < -0.39 is 0 Å². The lowest BCUT2D eigenvalue weighted by Crippen LogP contribution is -2.22. The van der Waals surface area contributed by atoms with Crippen molar-refractivity contribution < 1.29 is 0 Å². The lowest BCUT2D eigenvalue weighted by atomic mass is 10.1. The van der Waals surface area contributed by atoms with Crippen LogP contribution >= 0.6 is 0 Å². The van der Waals surface area contributed by atoms with Crippen LogP contribution in [0.4, 0.5) is 0 Å². The van der Waals surface area contributed by atoms with Crippen molar-refractivity contribution in [1.29, 1.82) is 0 Å². The van der Waals surface area contributed by atoms with Crippen molar-refractivity contribution in [3.8, 4) is 0 Å². The molecule has 0 aliphatic heterocycles. The van der Waals surface area contributed by atoms with E-state index in [1.54, 1.807) is 18.5 Å². The highest BCUT2D eigenvalue weighted by Gasteiger charge is 2.09. The number of nitrogens with two attached hydrogens (primary N) is 2. The van der Waals surface area contributed by atoms with E-state index in [-0.39, 0.29) is 5.96 Å². The van der Waals surface area contributed by atoms with E-state index in [9.17, 15) is 0 Å². The van der Waals surface area contributed by atoms with E-state index in [1.807, 2.05) is 30.3 Å². The fourth-order valence-corrected chi connectivity index (χ4v) is 1.36. The second-order valence-electron chi connectivity index (χ2n) is 3.41. The normalized spacial score (nSPS) is 11.0. The molecule has 6 nitrogen and oxygen atoms in total. The first kappa shape index (κ1) is 11.7. The second kappa shape index (κ2) is 5.53. The summed E-state index contributed by atoms with van der Waals surface area (Å²) in [4.78, 5) is 8.28. The molecule has 90 valence electrons. The smallest absolute Gasteiger partial charge is 0.211 e. The minimum absolute atomic E-state index is 0.112. The number of hydrogen-bond acceptors (Lipinski definition) is 4. The monoisotopic (exact) mass is 240 g/mol. The van der Waals surface area contributed by atoms with Gasteiger partial charge in [-0.1, -0.05) is 30.3 Å². The van der Waals surface area contributed by atoms with E-state index >= 15 is 0 Å². The van der Waals surface area contributed by atoms with Crippen molar-refractivity contribution in [2.45, 2.75) is 0 Å². The molecule has 4 N–H and O–H groups in total. The van der Waals surface area contributed by atoms with Crippen LogP contribution in [0.15, 0.2) is 59.0 Å². The van der Waals surface area contributed by atoms with Gasteiger partial charge in [0, 0.05) is 18.0 Å². The Bertz CT molecular complexity index is 516. The van der Waals surface area contributed by atoms with Crippen molar-refractivity contribution in [3.63, 3.8) is 0 Å². The molecule has 0 aliphatic carbocycles. The highest BCUT2D eigenvalue weighted by Crippen LogP contribution is 2.06. The van der Waals surface area contributed by atoms with Gasteiger partial charge in [0.05, 0.1) is 0 Å². The third-order valence-electron chi connectivity index (χ3n) is 2.09. The predicted octanol–water partition coefficient (Wildman–Crippen LogP) is 0.502. The van der Waals surface area contributed by atoms with Gasteiger partial charge in [0.15, 0.2) is 5.82 Å². The summed E-state index contributed by atoms with van der Waals surface area (Å²) in [6.45, 7) is 0. The summed E-state index contributed by atoms with van der Waals surface area (Å²) < 4.78 is 0. The number of benzene rings is 1. The Labute approximate surface area is 104 Å². The minimum Gasteiger partial charge on any atom is -0.369 e. The maximum atomic E-state index is 5.28. The van der Waals surface area contributed by atoms with Gasteiger partial charge in [0.25, 0.3) is 0 Å². The van der Waals surface area contributed by atoms with E-state index in [2.05, 4.69) is 20.2 Å². The van der Waals surface area contributed by atoms with E-state index in [0.29, 0.717) is 11.5 Å². The zero-order valence-corrected chi connectivity index (χ0v) is 9.56. The van der Waals surface area contributed by atoms with Crippen LogP contribution in [0.25, 0.3) is 0 Å². The summed E-state index contributed by atoms with van der Waals surface area (Å²) in [5.74, 6) is 0.355. The van der Waals surface area contributed by atoms with Gasteiger partial charge in [-0.3, -0.25) is 0 Å². The molecular formula is C12H12N6. The van der Waals surface area contributed by atoms with Crippen LogP contribution in [-0.2, 0) is 0 Å². The zero-order chi connectivity index (χ0) is 12.8. The molecule has 0 aliphatic rings. The van der Waals surface area contributed by atoms with Gasteiger partial charge in [-0.2, -0.15) is 0 Å². The Morgan fingerprint density at radius 1 is 0.889 bits per heavy atom. The number of aromatic nitrogens is 2. The molecule has 1 aromatic heterocycles. The molecule has 18 heavy (non-hydrogen) atoms. The molecule has 1 aromatic carbocycles. The van der Waals surface area contributed by atoms with Crippen LogP contribution in [0.2, 0.25) is 0 Å². The lowest BCUT2D eigenvalue weighted by molar-refractivity contribution is 1.11. The molecule has 1 heterocycles. The summed E-state index contributed by atoms with van der Waals surface area (Å²) >= 11 is 0. The quantitative estimate of drug-likeness (QED) is 0.463. The Kier molecular flexibility index (Phi) is 3.60. The van der Waals surface area contributed by atoms with E-state index in [0.717, 1.165) is 5.56 Å². The first-order valence-electron chi connectivity index (χ1n) is 5.27. The molecule has 2 aromatic rings. The largest absolute Gasteiger partial charge is 0.369 e. The third-order valence-corrected chi connectivity index (χ3v) is 2.09. The number of nitrogens with zero attached hydrogens (tertiary/aromatic N) is 4. The molecule has 0 spiro atoms. The van der Waals surface area contributed by atoms with Crippen molar-refractivity contribution in [2.75, 3.05) is 0 Å². The van der Waals surface area contributed by atoms with Gasteiger partial charge in [0.2, 0.25) is 5.96 Å². The van der Waals surface area contributed by atoms with Gasteiger partial charge >= 0.3 is 0 Å². The first-order chi connectivity index (χ1) is 8.77. The molecule has 0 radical (unpaired) electrons. The van der Waals surface area contributed by atoms with Gasteiger partial charge in [-0.15, -0.1) is 10.2 Å². The van der Waals surface area contributed by atoms with Crippen LogP contribution in [0.1, 0.15) is 11.4 Å². The molecular weight excluding hydrogens is 228 g/mol. The molecule has 0 saturated carbocycles. The second-order valence-corrected chi connectivity index (χ2v) is 3.41. The van der Waals surface area contributed by atoms with E-state index in [4.69, 9.17) is 11.5 Å². The molecule has 0 bridgehead atoms. The van der Waals surface area contributed by atoms with Gasteiger partial charge in [0.1, 0.15) is 5.71 Å². The van der Waals surface area contributed by atoms with Crippen molar-refractivity contribution in [2.24, 2.45) is 21.7 Å². The summed E-state index contributed by atoms with van der Waals surface area (Å²) in [7, 11) is 0. The Hall–Kier alpha value is -2.76. The number of rotatable bonds is 3. The van der Waals surface area contributed by atoms with Crippen LogP contribution in [0, 0.1) is 0 Å². The molecule has 0 unspecified atom stereocenters. The third kappa shape index (κ3) is 2.88. The maximum absolute atomic E-state index is 5.28. The van der Waals surface area contributed by atoms with Gasteiger partial charge < -0.3 is 11.5 Å².